The van der Waals surface area contributed by atoms with E-state index in [9.17, 15) is 0 Å². The zero-order valence-corrected chi connectivity index (χ0v) is 31.1. The zero-order valence-electron chi connectivity index (χ0n) is 18.8. The molecule has 0 aliphatic rings. The van der Waals surface area contributed by atoms with Crippen LogP contribution in [-0.2, 0) is 0 Å². The van der Waals surface area contributed by atoms with Crippen molar-refractivity contribution in [2.45, 2.75) is 90.1 Å². The highest BCUT2D eigenvalue weighted by atomic mass is 80.0. The van der Waals surface area contributed by atoms with E-state index in [0.717, 1.165) is 24.9 Å². The fraction of sp³-hybridized carbons (Fsp3) is 0.700. The van der Waals surface area contributed by atoms with E-state index >= 15 is 0 Å². The molecule has 0 radical (unpaired) electrons. The average molecular weight is 812 g/mol. The van der Waals surface area contributed by atoms with E-state index in [1.54, 1.807) is 0 Å². The van der Waals surface area contributed by atoms with Gasteiger partial charge in [0.1, 0.15) is 0 Å². The van der Waals surface area contributed by atoms with Gasteiger partial charge >= 0.3 is 12.0 Å². The Bertz CT molecular complexity index is 538. The lowest BCUT2D eigenvalue weighted by molar-refractivity contribution is 0.624. The first-order valence-corrected chi connectivity index (χ1v) is 30.2. The molecule has 32 heavy (non-hydrogen) atoms. The molecule has 0 amide bonds. The summed E-state index contributed by atoms with van der Waals surface area (Å²) in [4.78, 5) is 0. The minimum absolute atomic E-state index is 0.817. The van der Waals surface area contributed by atoms with Crippen molar-refractivity contribution < 1.29 is 0 Å². The summed E-state index contributed by atoms with van der Waals surface area (Å²) in [6, 6.07) is 7.28. The molecule has 0 saturated heterocycles. The quantitative estimate of drug-likeness (QED) is 0.106. The summed E-state index contributed by atoms with van der Waals surface area (Å²) in [6.07, 6.45) is 12.4. The third kappa shape index (κ3) is 31.1. The lowest BCUT2D eigenvalue weighted by Gasteiger charge is -2.07. The Hall–Kier alpha value is 3.05. The van der Waals surface area contributed by atoms with Gasteiger partial charge in [0, 0.05) is 0 Å². The normalized spacial score (nSPS) is 11.8. The summed E-state index contributed by atoms with van der Waals surface area (Å²) in [5.41, 5.74) is 0. The second-order valence-electron chi connectivity index (χ2n) is 7.42. The Balaban J connectivity index is 0. The van der Waals surface area contributed by atoms with E-state index in [4.69, 9.17) is 66.5 Å². The smallest absolute Gasteiger partial charge is 0.126 e. The largest absolute Gasteiger partial charge is 0.341 e. The number of rotatable bonds is 13. The van der Waals surface area contributed by atoms with Crippen LogP contribution in [-0.4, -0.2) is 15.9 Å². The first-order chi connectivity index (χ1) is 14.7. The van der Waals surface area contributed by atoms with E-state index in [-0.39, 0.29) is 0 Å². The Morgan fingerprint density at radius 1 is 0.562 bits per heavy atom. The van der Waals surface area contributed by atoms with Gasteiger partial charge in [-0.15, -0.1) is 66.5 Å². The Morgan fingerprint density at radius 3 is 1.22 bits per heavy atom. The van der Waals surface area contributed by atoms with Crippen molar-refractivity contribution in [3.8, 4) is 0 Å². The van der Waals surface area contributed by atoms with Crippen LogP contribution in [0.25, 0.3) is 0 Å². The van der Waals surface area contributed by atoms with Crippen LogP contribution in [0.15, 0.2) is 30.3 Å². The molecule has 1 aromatic carbocycles. The summed E-state index contributed by atoms with van der Waals surface area (Å²) in [7, 11) is 0. The fourth-order valence-corrected chi connectivity index (χ4v) is 9.14. The average Bonchev–Trinajstić information content (AvgIpc) is 2.68. The Morgan fingerprint density at radius 2 is 0.906 bits per heavy atom. The Kier molecular flexibility index (Phi) is 25.7. The molecule has 0 aliphatic carbocycles. The van der Waals surface area contributed by atoms with Gasteiger partial charge in [-0.3, -0.25) is 0 Å². The van der Waals surface area contributed by atoms with Crippen LogP contribution in [0.2, 0.25) is 12.1 Å². The number of hydrogen-bond acceptors (Lipinski definition) is 0. The standard InChI is InChI=1S/C8H17Cl3Si.C6H5Br3Si.C6H13Cl3Si/c1-2-3-4-5-6-7-8-12(9,10)11;7-10(8,9)6-4-2-1-3-5-6;1-2-3-4-5-6-10(7,8)9/h2-8H2,1H3;1-5H;2-6H2,1H3. The molecule has 0 aliphatic heterocycles. The molecule has 1 rings (SSSR count). The van der Waals surface area contributed by atoms with Gasteiger partial charge in [0.15, 0.2) is 0 Å². The molecular weight excluding hydrogens is 777 g/mol. The molecule has 0 fully saturated rings. The van der Waals surface area contributed by atoms with Crippen LogP contribution in [0.5, 0.6) is 0 Å². The van der Waals surface area contributed by atoms with E-state index in [1.165, 1.54) is 56.6 Å². The van der Waals surface area contributed by atoms with Crippen LogP contribution in [0.3, 0.4) is 0 Å². The second kappa shape index (κ2) is 22.1. The van der Waals surface area contributed by atoms with Crippen molar-refractivity contribution in [2.24, 2.45) is 0 Å². The fourth-order valence-electron chi connectivity index (χ4n) is 2.49. The first kappa shape index (κ1) is 37.2. The van der Waals surface area contributed by atoms with E-state index in [1.807, 2.05) is 18.2 Å². The molecule has 0 nitrogen and oxygen atoms in total. The highest BCUT2D eigenvalue weighted by Crippen LogP contribution is 2.28. The maximum Gasteiger partial charge on any atom is 0.341 e. The molecule has 0 bridgehead atoms. The molecule has 0 aromatic heterocycles. The van der Waals surface area contributed by atoms with Crippen LogP contribution in [0.1, 0.15) is 78.1 Å². The maximum absolute atomic E-state index is 5.74. The first-order valence-electron chi connectivity index (χ1n) is 11.0. The summed E-state index contributed by atoms with van der Waals surface area (Å²) >= 11 is 45.0. The molecule has 1 aromatic rings. The summed E-state index contributed by atoms with van der Waals surface area (Å²) in [6.45, 7) is 4.39. The van der Waals surface area contributed by atoms with Crippen molar-refractivity contribution in [1.29, 1.82) is 0 Å². The number of hydrogen-bond donors (Lipinski definition) is 0. The highest BCUT2D eigenvalue weighted by Gasteiger charge is 2.24. The van der Waals surface area contributed by atoms with Crippen LogP contribution < -0.4 is 5.19 Å². The van der Waals surface area contributed by atoms with Gasteiger partial charge in [-0.25, -0.2) is 0 Å². The van der Waals surface area contributed by atoms with Gasteiger partial charge in [-0.1, -0.05) is 154 Å². The van der Waals surface area contributed by atoms with Crippen LogP contribution in [0, 0.1) is 0 Å². The molecule has 190 valence electrons. The predicted octanol–water partition coefficient (Wildman–Crippen LogP) is 12.2. The lowest BCUT2D eigenvalue weighted by Crippen LogP contribution is -2.27. The van der Waals surface area contributed by atoms with Gasteiger partial charge in [-0.2, -0.15) is 0 Å². The zero-order chi connectivity index (χ0) is 25.1. The third-order valence-electron chi connectivity index (χ3n) is 4.23. The minimum Gasteiger partial charge on any atom is -0.126 e. The van der Waals surface area contributed by atoms with Gasteiger partial charge < -0.3 is 0 Å². The van der Waals surface area contributed by atoms with Crippen LogP contribution in [0.4, 0.5) is 0 Å². The minimum atomic E-state index is -2.31. The van der Waals surface area contributed by atoms with E-state index < -0.39 is 15.9 Å². The summed E-state index contributed by atoms with van der Waals surface area (Å²) < 4.78 is -1.60. The number of benzene rings is 1. The molecule has 0 spiro atoms. The molecule has 0 atom stereocenters. The van der Waals surface area contributed by atoms with Crippen LogP contribution >= 0.6 is 112 Å². The SMILES string of the molecule is Br[Si](Br)(Br)c1ccccc1.CCCCCCCC[Si](Cl)(Cl)Cl.CCCCCC[Si](Cl)(Cl)Cl. The topological polar surface area (TPSA) is 0 Å². The third-order valence-corrected chi connectivity index (χ3v) is 14.6. The second-order valence-corrected chi connectivity index (χ2v) is 47.8. The van der Waals surface area contributed by atoms with Gasteiger partial charge in [0.05, 0.1) is 0 Å². The van der Waals surface area contributed by atoms with Crippen molar-refractivity contribution in [2.75, 3.05) is 0 Å². The monoisotopic (exact) mass is 806 g/mol. The maximum atomic E-state index is 5.74. The van der Waals surface area contributed by atoms with Crippen molar-refractivity contribution in [3.05, 3.63) is 30.3 Å². The van der Waals surface area contributed by atoms with Crippen molar-refractivity contribution in [3.63, 3.8) is 0 Å². The van der Waals surface area contributed by atoms with E-state index in [0.29, 0.717) is 0 Å². The van der Waals surface area contributed by atoms with Gasteiger partial charge in [-0.05, 0) is 17.3 Å². The number of halogens is 9. The molecular formula is C20H35Br3Cl6Si3. The molecule has 12 heteroatoms. The summed E-state index contributed by atoms with van der Waals surface area (Å²) in [5, 5.41) is 1.29. The number of unbranched alkanes of at least 4 members (excludes halogenated alkanes) is 8. The highest BCUT2D eigenvalue weighted by molar-refractivity contribution is 9.72. The summed E-state index contributed by atoms with van der Waals surface area (Å²) in [5.74, 6) is 0. The molecule has 0 N–H and O–H groups in total. The van der Waals surface area contributed by atoms with Crippen molar-refractivity contribution in [1.82, 2.24) is 0 Å². The van der Waals surface area contributed by atoms with Gasteiger partial charge in [0.25, 0.3) is 3.93 Å². The van der Waals surface area contributed by atoms with E-state index in [2.05, 4.69) is 71.9 Å². The molecule has 0 heterocycles. The predicted molar refractivity (Wildman–Crippen MR) is 172 cm³/mol. The van der Waals surface area contributed by atoms with Gasteiger partial charge in [0.2, 0.25) is 0 Å². The Labute approximate surface area is 251 Å². The molecule has 0 saturated carbocycles. The molecule has 0 unspecified atom stereocenters. The lowest BCUT2D eigenvalue weighted by atomic mass is 10.1. The van der Waals surface area contributed by atoms with Crippen molar-refractivity contribution >= 4 is 133 Å².